The van der Waals surface area contributed by atoms with Gasteiger partial charge in [-0.1, -0.05) is 22.4 Å². The maximum absolute atomic E-state index is 12.9. The summed E-state index contributed by atoms with van der Waals surface area (Å²) in [6.07, 6.45) is 1.98. The molecule has 1 saturated carbocycles. The van der Waals surface area contributed by atoms with Gasteiger partial charge in [0, 0.05) is 10.4 Å². The molecule has 2 atom stereocenters. The zero-order valence-electron chi connectivity index (χ0n) is 12.4. The number of ether oxygens (including phenoxy) is 1. The fraction of sp³-hybridized carbons (Fsp3) is 0.500. The van der Waals surface area contributed by atoms with Crippen molar-refractivity contribution in [3.05, 3.63) is 27.2 Å². The average molecular weight is 355 g/mol. The number of methoxy groups -OCH3 is 1. The third kappa shape index (κ3) is 2.84. The number of ketones is 1. The van der Waals surface area contributed by atoms with Crippen molar-refractivity contribution in [1.82, 2.24) is 0 Å². The summed E-state index contributed by atoms with van der Waals surface area (Å²) in [6, 6.07) is 1.91. The van der Waals surface area contributed by atoms with Crippen LogP contribution < -0.4 is 4.74 Å². The van der Waals surface area contributed by atoms with Crippen molar-refractivity contribution in [3.63, 3.8) is 0 Å². The van der Waals surface area contributed by atoms with Crippen LogP contribution >= 0.6 is 15.9 Å². The Labute approximate surface area is 132 Å². The lowest BCUT2D eigenvalue weighted by Gasteiger charge is -2.20. The van der Waals surface area contributed by atoms with Gasteiger partial charge < -0.3 is 9.84 Å². The minimum absolute atomic E-state index is 0.112. The molecule has 1 fully saturated rings. The Hall–Kier alpha value is -1.36. The Morgan fingerprint density at radius 1 is 1.29 bits per heavy atom. The van der Waals surface area contributed by atoms with Crippen LogP contribution in [0.3, 0.4) is 0 Å². The SMILES string of the molecule is COc1c(C)cc(Br)c(C)c1C(=O)C1CCCC1C(=O)O. The molecule has 0 amide bonds. The van der Waals surface area contributed by atoms with Gasteiger partial charge in [0.25, 0.3) is 0 Å². The first kappa shape index (κ1) is 16.0. The lowest BCUT2D eigenvalue weighted by molar-refractivity contribution is -0.142. The van der Waals surface area contributed by atoms with Gasteiger partial charge in [-0.15, -0.1) is 0 Å². The lowest BCUT2D eigenvalue weighted by atomic mass is 9.86. The lowest BCUT2D eigenvalue weighted by Crippen LogP contribution is -2.26. The molecule has 0 saturated heterocycles. The number of carboxylic acids is 1. The highest BCUT2D eigenvalue weighted by atomic mass is 79.9. The van der Waals surface area contributed by atoms with Gasteiger partial charge in [0.15, 0.2) is 5.78 Å². The Morgan fingerprint density at radius 3 is 2.48 bits per heavy atom. The molecule has 0 aliphatic heterocycles. The Bertz CT molecular complexity index is 594. The van der Waals surface area contributed by atoms with Crippen LogP contribution in [0.4, 0.5) is 0 Å². The molecular formula is C16H19BrO4. The summed E-state index contributed by atoms with van der Waals surface area (Å²) < 4.78 is 6.24. The molecule has 114 valence electrons. The molecule has 0 heterocycles. The highest BCUT2D eigenvalue weighted by Crippen LogP contribution is 2.39. The molecule has 1 aliphatic carbocycles. The van der Waals surface area contributed by atoms with E-state index in [1.54, 1.807) is 0 Å². The van der Waals surface area contributed by atoms with E-state index in [0.29, 0.717) is 24.2 Å². The van der Waals surface area contributed by atoms with Gasteiger partial charge in [0.1, 0.15) is 5.75 Å². The summed E-state index contributed by atoms with van der Waals surface area (Å²) >= 11 is 3.46. The quantitative estimate of drug-likeness (QED) is 0.836. The fourth-order valence-corrected chi connectivity index (χ4v) is 3.71. The van der Waals surface area contributed by atoms with Gasteiger partial charge in [0.2, 0.25) is 0 Å². The van der Waals surface area contributed by atoms with E-state index in [9.17, 15) is 14.7 Å². The molecule has 1 aromatic carbocycles. The molecule has 0 radical (unpaired) electrons. The molecule has 21 heavy (non-hydrogen) atoms. The molecule has 1 N–H and O–H groups in total. The van der Waals surface area contributed by atoms with Crippen molar-refractivity contribution in [2.24, 2.45) is 11.8 Å². The number of rotatable bonds is 4. The highest BCUT2D eigenvalue weighted by molar-refractivity contribution is 9.10. The summed E-state index contributed by atoms with van der Waals surface area (Å²) in [6.45, 7) is 3.73. The number of carbonyl (C=O) groups excluding carboxylic acids is 1. The maximum atomic E-state index is 12.9. The van der Waals surface area contributed by atoms with Crippen molar-refractivity contribution < 1.29 is 19.4 Å². The first-order valence-corrected chi connectivity index (χ1v) is 7.78. The topological polar surface area (TPSA) is 63.6 Å². The summed E-state index contributed by atoms with van der Waals surface area (Å²) in [5.41, 5.74) is 2.18. The second-order valence-electron chi connectivity index (χ2n) is 5.55. The number of hydrogen-bond acceptors (Lipinski definition) is 3. The number of carbonyl (C=O) groups is 2. The number of benzene rings is 1. The Balaban J connectivity index is 2.51. The first-order chi connectivity index (χ1) is 9.88. The number of halogens is 1. The number of aliphatic carboxylic acids is 1. The van der Waals surface area contributed by atoms with Crippen molar-refractivity contribution >= 4 is 27.7 Å². The van der Waals surface area contributed by atoms with E-state index in [4.69, 9.17) is 4.74 Å². The summed E-state index contributed by atoms with van der Waals surface area (Å²) in [4.78, 5) is 24.2. The minimum atomic E-state index is -0.880. The average Bonchev–Trinajstić information content (AvgIpc) is 2.91. The minimum Gasteiger partial charge on any atom is -0.496 e. The highest BCUT2D eigenvalue weighted by Gasteiger charge is 2.39. The predicted molar refractivity (Wildman–Crippen MR) is 83.0 cm³/mol. The Kier molecular flexibility index (Phi) is 4.71. The number of hydrogen-bond donors (Lipinski definition) is 1. The smallest absolute Gasteiger partial charge is 0.307 e. The molecule has 0 bridgehead atoms. The van der Waals surface area contributed by atoms with Gasteiger partial charge in [-0.2, -0.15) is 0 Å². The standard InChI is InChI=1S/C16H19BrO4/c1-8-7-12(17)9(2)13(15(8)21-3)14(18)10-5-4-6-11(10)16(19)20/h7,10-11H,4-6H2,1-3H3,(H,19,20). The van der Waals surface area contributed by atoms with E-state index in [1.165, 1.54) is 7.11 Å². The third-order valence-corrected chi connectivity index (χ3v) is 5.11. The third-order valence-electron chi connectivity index (χ3n) is 4.28. The van der Waals surface area contributed by atoms with Crippen molar-refractivity contribution in [2.45, 2.75) is 33.1 Å². The van der Waals surface area contributed by atoms with E-state index < -0.39 is 17.8 Å². The van der Waals surface area contributed by atoms with E-state index in [0.717, 1.165) is 22.0 Å². The molecular weight excluding hydrogens is 336 g/mol. The van der Waals surface area contributed by atoms with Crippen LogP contribution in [-0.4, -0.2) is 24.0 Å². The fourth-order valence-electron chi connectivity index (χ4n) is 3.17. The van der Waals surface area contributed by atoms with Gasteiger partial charge in [-0.25, -0.2) is 0 Å². The van der Waals surface area contributed by atoms with Crippen LogP contribution in [0.15, 0.2) is 10.5 Å². The van der Waals surface area contributed by atoms with Crippen molar-refractivity contribution in [2.75, 3.05) is 7.11 Å². The van der Waals surface area contributed by atoms with Crippen LogP contribution in [0.2, 0.25) is 0 Å². The van der Waals surface area contributed by atoms with Gasteiger partial charge in [0.05, 0.1) is 18.6 Å². The van der Waals surface area contributed by atoms with E-state index in [2.05, 4.69) is 15.9 Å². The van der Waals surface area contributed by atoms with Crippen LogP contribution in [0.1, 0.15) is 40.7 Å². The number of aryl methyl sites for hydroxylation is 1. The Morgan fingerprint density at radius 2 is 1.90 bits per heavy atom. The number of carboxylic acid groups (broad SMARTS) is 1. The second-order valence-corrected chi connectivity index (χ2v) is 6.41. The molecule has 2 rings (SSSR count). The number of Topliss-reactive ketones (excluding diaryl/α,β-unsaturated/α-hetero) is 1. The summed E-state index contributed by atoms with van der Waals surface area (Å²) in [7, 11) is 1.54. The molecule has 4 nitrogen and oxygen atoms in total. The van der Waals surface area contributed by atoms with Gasteiger partial charge in [-0.3, -0.25) is 9.59 Å². The van der Waals surface area contributed by atoms with E-state index >= 15 is 0 Å². The van der Waals surface area contributed by atoms with E-state index in [-0.39, 0.29) is 5.78 Å². The van der Waals surface area contributed by atoms with Crippen LogP contribution in [0.5, 0.6) is 5.75 Å². The first-order valence-electron chi connectivity index (χ1n) is 6.99. The molecule has 5 heteroatoms. The monoisotopic (exact) mass is 354 g/mol. The zero-order chi connectivity index (χ0) is 15.7. The van der Waals surface area contributed by atoms with E-state index in [1.807, 2.05) is 19.9 Å². The predicted octanol–water partition coefficient (Wildman–Crippen LogP) is 3.76. The largest absolute Gasteiger partial charge is 0.496 e. The van der Waals surface area contributed by atoms with Crippen molar-refractivity contribution in [3.8, 4) is 5.75 Å². The van der Waals surface area contributed by atoms with Crippen LogP contribution in [-0.2, 0) is 4.79 Å². The normalized spacial score (nSPS) is 21.3. The maximum Gasteiger partial charge on any atom is 0.307 e. The van der Waals surface area contributed by atoms with Gasteiger partial charge >= 0.3 is 5.97 Å². The summed E-state index contributed by atoms with van der Waals surface area (Å²) in [5.74, 6) is -1.48. The zero-order valence-corrected chi connectivity index (χ0v) is 14.0. The molecule has 1 aliphatic rings. The summed E-state index contributed by atoms with van der Waals surface area (Å²) in [5, 5.41) is 9.29. The van der Waals surface area contributed by atoms with Crippen molar-refractivity contribution in [1.29, 1.82) is 0 Å². The second kappa shape index (κ2) is 6.18. The van der Waals surface area contributed by atoms with Gasteiger partial charge in [-0.05, 0) is 43.9 Å². The van der Waals surface area contributed by atoms with Crippen LogP contribution in [0.25, 0.3) is 0 Å². The molecule has 1 aromatic rings. The molecule has 0 aromatic heterocycles. The molecule has 0 spiro atoms. The van der Waals surface area contributed by atoms with Crippen LogP contribution in [0, 0.1) is 25.7 Å². The molecule has 2 unspecified atom stereocenters.